The lowest BCUT2D eigenvalue weighted by Gasteiger charge is -2.08. The molecule has 4 N–H and O–H groups in total. The minimum atomic E-state index is -0.336. The number of aromatic nitrogens is 2. The van der Waals surface area contributed by atoms with Crippen LogP contribution in [-0.2, 0) is 11.2 Å². The summed E-state index contributed by atoms with van der Waals surface area (Å²) < 4.78 is 13.5. The van der Waals surface area contributed by atoms with Crippen molar-refractivity contribution in [1.82, 2.24) is 20.6 Å². The number of H-pyrrole nitrogens is 2. The predicted molar refractivity (Wildman–Crippen MR) is 136 cm³/mol. The maximum atomic E-state index is 13.5. The second kappa shape index (κ2) is 9.64. The summed E-state index contributed by atoms with van der Waals surface area (Å²) in [5, 5.41) is 7.81. The molecule has 176 valence electrons. The molecule has 0 bridgehead atoms. The lowest BCUT2D eigenvalue weighted by Crippen LogP contribution is -2.37. The summed E-state index contributed by atoms with van der Waals surface area (Å²) in [6.45, 7) is 0.231. The number of aromatic amines is 2. The van der Waals surface area contributed by atoms with E-state index in [1.165, 1.54) is 12.1 Å². The Morgan fingerprint density at radius 1 is 0.857 bits per heavy atom. The molecule has 0 saturated carbocycles. The van der Waals surface area contributed by atoms with Gasteiger partial charge in [0.2, 0.25) is 5.91 Å². The number of hydrogen-bond acceptors (Lipinski definition) is 2. The number of amides is 2. The standard InChI is InChI=1S/C27H22ClFN4O2/c28-19-4-1-16(2-5-19)23-14-32-25-7-3-17(11-22(23)25)27(35)33-15-26(34)30-10-9-18-13-31-24-8-6-20(29)12-21(18)24/h1-8,11-14,31-32H,9-10,15H2,(H,30,34)(H,33,35). The Bertz CT molecular complexity index is 1540. The van der Waals surface area contributed by atoms with Crippen molar-refractivity contribution in [3.63, 3.8) is 0 Å². The Morgan fingerprint density at radius 3 is 2.43 bits per heavy atom. The molecule has 0 unspecified atom stereocenters. The second-order valence-corrected chi connectivity index (χ2v) is 8.69. The van der Waals surface area contributed by atoms with Crippen molar-refractivity contribution in [3.8, 4) is 11.1 Å². The quantitative estimate of drug-likeness (QED) is 0.254. The summed E-state index contributed by atoms with van der Waals surface area (Å²) in [6.07, 6.45) is 4.25. The molecule has 0 spiro atoms. The number of carbonyl (C=O) groups excluding carboxylic acids is 2. The van der Waals surface area contributed by atoms with Gasteiger partial charge in [0.05, 0.1) is 6.54 Å². The number of halogens is 2. The van der Waals surface area contributed by atoms with Gasteiger partial charge in [0.25, 0.3) is 5.91 Å². The van der Waals surface area contributed by atoms with Gasteiger partial charge in [-0.1, -0.05) is 23.7 Å². The van der Waals surface area contributed by atoms with Crippen LogP contribution in [0.15, 0.2) is 73.1 Å². The van der Waals surface area contributed by atoms with Crippen LogP contribution in [-0.4, -0.2) is 34.9 Å². The molecular weight excluding hydrogens is 467 g/mol. The number of carbonyl (C=O) groups is 2. The minimum Gasteiger partial charge on any atom is -0.361 e. The van der Waals surface area contributed by atoms with E-state index in [0.29, 0.717) is 23.6 Å². The lowest BCUT2D eigenvalue weighted by atomic mass is 10.0. The van der Waals surface area contributed by atoms with Crippen LogP contribution in [0, 0.1) is 5.82 Å². The van der Waals surface area contributed by atoms with E-state index in [2.05, 4.69) is 20.6 Å². The zero-order valence-electron chi connectivity index (χ0n) is 18.6. The van der Waals surface area contributed by atoms with Gasteiger partial charge in [0.15, 0.2) is 0 Å². The highest BCUT2D eigenvalue weighted by atomic mass is 35.5. The number of nitrogens with one attached hydrogen (secondary N) is 4. The van der Waals surface area contributed by atoms with Crippen LogP contribution >= 0.6 is 11.6 Å². The lowest BCUT2D eigenvalue weighted by molar-refractivity contribution is -0.120. The first kappa shape index (κ1) is 22.7. The smallest absolute Gasteiger partial charge is 0.251 e. The van der Waals surface area contributed by atoms with Crippen molar-refractivity contribution < 1.29 is 14.0 Å². The summed E-state index contributed by atoms with van der Waals surface area (Å²) in [4.78, 5) is 31.3. The van der Waals surface area contributed by atoms with E-state index in [-0.39, 0.29) is 24.2 Å². The van der Waals surface area contributed by atoms with Crippen molar-refractivity contribution in [2.75, 3.05) is 13.1 Å². The van der Waals surface area contributed by atoms with Crippen molar-refractivity contribution in [2.45, 2.75) is 6.42 Å². The summed E-state index contributed by atoms with van der Waals surface area (Å²) >= 11 is 6.00. The number of benzene rings is 3. The van der Waals surface area contributed by atoms with Crippen LogP contribution in [0.2, 0.25) is 5.02 Å². The van der Waals surface area contributed by atoms with E-state index in [1.807, 2.05) is 42.7 Å². The van der Waals surface area contributed by atoms with Crippen LogP contribution in [0.5, 0.6) is 0 Å². The Morgan fingerprint density at radius 2 is 1.60 bits per heavy atom. The van der Waals surface area contributed by atoms with Gasteiger partial charge in [-0.25, -0.2) is 4.39 Å². The van der Waals surface area contributed by atoms with Gasteiger partial charge in [-0.3, -0.25) is 9.59 Å². The van der Waals surface area contributed by atoms with Crippen LogP contribution in [0.25, 0.3) is 32.9 Å². The molecule has 5 rings (SSSR count). The van der Waals surface area contributed by atoms with Gasteiger partial charge in [-0.05, 0) is 66.1 Å². The first-order valence-electron chi connectivity index (χ1n) is 11.2. The molecule has 2 heterocycles. The van der Waals surface area contributed by atoms with Gasteiger partial charge in [-0.15, -0.1) is 0 Å². The summed E-state index contributed by atoms with van der Waals surface area (Å²) in [6, 6.07) is 17.4. The fraction of sp³-hybridized carbons (Fsp3) is 0.111. The Hall–Kier alpha value is -4.10. The normalized spacial score (nSPS) is 11.1. The predicted octanol–water partition coefficient (Wildman–Crippen LogP) is 5.20. The van der Waals surface area contributed by atoms with Gasteiger partial charge in [0.1, 0.15) is 5.82 Å². The second-order valence-electron chi connectivity index (χ2n) is 8.26. The van der Waals surface area contributed by atoms with Gasteiger partial charge in [0, 0.05) is 56.9 Å². The molecule has 6 nitrogen and oxygen atoms in total. The van der Waals surface area contributed by atoms with Crippen LogP contribution < -0.4 is 10.6 Å². The molecule has 2 aromatic heterocycles. The molecule has 0 atom stereocenters. The zero-order valence-corrected chi connectivity index (χ0v) is 19.4. The molecule has 5 aromatic rings. The first-order valence-corrected chi connectivity index (χ1v) is 11.5. The Balaban J connectivity index is 1.18. The van der Waals surface area contributed by atoms with E-state index in [0.717, 1.165) is 38.5 Å². The first-order chi connectivity index (χ1) is 17.0. The van der Waals surface area contributed by atoms with Gasteiger partial charge >= 0.3 is 0 Å². The van der Waals surface area contributed by atoms with E-state index in [1.54, 1.807) is 18.2 Å². The van der Waals surface area contributed by atoms with Crippen molar-refractivity contribution in [2.24, 2.45) is 0 Å². The van der Waals surface area contributed by atoms with Crippen LogP contribution in [0.1, 0.15) is 15.9 Å². The third-order valence-electron chi connectivity index (χ3n) is 5.95. The average Bonchev–Trinajstić information content (AvgIpc) is 3.46. The molecule has 35 heavy (non-hydrogen) atoms. The highest BCUT2D eigenvalue weighted by molar-refractivity contribution is 6.30. The molecule has 3 aromatic carbocycles. The molecule has 0 aliphatic heterocycles. The molecule has 0 fully saturated rings. The molecular formula is C27H22ClFN4O2. The third-order valence-corrected chi connectivity index (χ3v) is 6.21. The number of fused-ring (bicyclic) bond motifs is 2. The number of rotatable bonds is 7. The van der Waals surface area contributed by atoms with Crippen molar-refractivity contribution in [1.29, 1.82) is 0 Å². The van der Waals surface area contributed by atoms with E-state index < -0.39 is 0 Å². The molecule has 8 heteroatoms. The minimum absolute atomic E-state index is 0.142. The monoisotopic (exact) mass is 488 g/mol. The van der Waals surface area contributed by atoms with Gasteiger partial charge < -0.3 is 20.6 Å². The van der Waals surface area contributed by atoms with Crippen molar-refractivity contribution in [3.05, 3.63) is 95.0 Å². The largest absolute Gasteiger partial charge is 0.361 e. The van der Waals surface area contributed by atoms with Crippen LogP contribution in [0.3, 0.4) is 0 Å². The fourth-order valence-corrected chi connectivity index (χ4v) is 4.28. The SMILES string of the molecule is O=C(CNC(=O)c1ccc2[nH]cc(-c3ccc(Cl)cc3)c2c1)NCCc1c[nH]c2ccc(F)cc12. The molecule has 0 saturated heterocycles. The highest BCUT2D eigenvalue weighted by Crippen LogP contribution is 2.30. The maximum absolute atomic E-state index is 13.5. The Kier molecular flexibility index (Phi) is 6.25. The summed E-state index contributed by atoms with van der Waals surface area (Å²) in [7, 11) is 0. The topological polar surface area (TPSA) is 89.8 Å². The van der Waals surface area contributed by atoms with Gasteiger partial charge in [-0.2, -0.15) is 0 Å². The number of hydrogen-bond donors (Lipinski definition) is 4. The Labute approximate surface area is 205 Å². The zero-order chi connectivity index (χ0) is 24.4. The van der Waals surface area contributed by atoms with E-state index in [9.17, 15) is 14.0 Å². The van der Waals surface area contributed by atoms with E-state index >= 15 is 0 Å². The average molecular weight is 489 g/mol. The molecule has 0 radical (unpaired) electrons. The summed E-state index contributed by atoms with van der Waals surface area (Å²) in [5.41, 5.74) is 5.07. The van der Waals surface area contributed by atoms with Crippen molar-refractivity contribution >= 4 is 45.2 Å². The molecule has 2 amide bonds. The fourth-order valence-electron chi connectivity index (χ4n) is 4.15. The van der Waals surface area contributed by atoms with Crippen LogP contribution in [0.4, 0.5) is 4.39 Å². The summed E-state index contributed by atoms with van der Waals surface area (Å²) in [5.74, 6) is -0.936. The molecule has 0 aliphatic carbocycles. The molecule has 0 aliphatic rings. The van der Waals surface area contributed by atoms with E-state index in [4.69, 9.17) is 11.6 Å². The maximum Gasteiger partial charge on any atom is 0.251 e. The highest BCUT2D eigenvalue weighted by Gasteiger charge is 2.12. The third kappa shape index (κ3) is 4.90.